The van der Waals surface area contributed by atoms with Gasteiger partial charge in [-0.3, -0.25) is 19.6 Å². The van der Waals surface area contributed by atoms with Crippen LogP contribution in [0, 0.1) is 58.2 Å². The highest BCUT2D eigenvalue weighted by atomic mass is 15.5. The van der Waals surface area contributed by atoms with E-state index in [0.717, 1.165) is 162 Å². The lowest BCUT2D eigenvalue weighted by molar-refractivity contribution is -0.966. The van der Waals surface area contributed by atoms with Gasteiger partial charge in [0.2, 0.25) is 0 Å². The Morgan fingerprint density at radius 1 is 0.297 bits per heavy atom. The van der Waals surface area contributed by atoms with Crippen LogP contribution in [0.1, 0.15) is 324 Å². The number of fused-ring (bicyclic) bond motifs is 15. The molecule has 0 aromatic heterocycles. The van der Waals surface area contributed by atoms with Crippen molar-refractivity contribution in [2.24, 2.45) is 58.2 Å². The van der Waals surface area contributed by atoms with Crippen LogP contribution in [-0.4, -0.2) is 360 Å². The summed E-state index contributed by atoms with van der Waals surface area (Å²) in [5.74, 6) is 7.91. The minimum absolute atomic E-state index is 0.706. The van der Waals surface area contributed by atoms with Gasteiger partial charge in [-0.05, 0) is 254 Å². The molecular formula is C105H215N13+8. The molecule has 13 nitrogen and oxygen atoms in total. The molecule has 17 saturated heterocycles. The third-order valence-corrected chi connectivity index (χ3v) is 40.5. The van der Waals surface area contributed by atoms with Gasteiger partial charge in [-0.2, -0.15) is 0 Å². The fourth-order valence-corrected chi connectivity index (χ4v) is 28.9. The number of rotatable bonds is 16. The van der Waals surface area contributed by atoms with Gasteiger partial charge in [0.1, 0.15) is 12.1 Å². The lowest BCUT2D eigenvalue weighted by Gasteiger charge is -2.56. The van der Waals surface area contributed by atoms with Crippen molar-refractivity contribution in [3.05, 3.63) is 0 Å². The van der Waals surface area contributed by atoms with Crippen molar-refractivity contribution in [1.29, 1.82) is 0 Å². The van der Waals surface area contributed by atoms with E-state index in [1.54, 1.807) is 0 Å². The van der Waals surface area contributed by atoms with Crippen molar-refractivity contribution in [1.82, 2.24) is 24.5 Å². The second-order valence-corrected chi connectivity index (χ2v) is 50.5. The van der Waals surface area contributed by atoms with Gasteiger partial charge in [0.05, 0.1) is 219 Å². The Labute approximate surface area is 738 Å². The Hall–Kier alpha value is -0.520. The highest BCUT2D eigenvalue weighted by Crippen LogP contribution is 2.53. The Kier molecular flexibility index (Phi) is 35.2. The molecule has 13 heteroatoms. The minimum Gasteiger partial charge on any atom is -0.324 e. The summed E-state index contributed by atoms with van der Waals surface area (Å²) in [6.07, 6.45) is 23.5. The number of piperazine rings is 3. The molecule has 18 fully saturated rings. The Morgan fingerprint density at radius 2 is 0.771 bits per heavy atom. The number of hydrogen-bond donors (Lipinski definition) is 0. The molecule has 17 aliphatic heterocycles. The first-order valence-electron chi connectivity index (χ1n) is 52.5. The number of likely N-dealkylation sites (N-methyl/N-ethyl adjacent to an activating group) is 1. The normalized spacial score (nSPS) is 39.2. The van der Waals surface area contributed by atoms with Crippen molar-refractivity contribution in [3.8, 4) is 0 Å². The summed E-state index contributed by atoms with van der Waals surface area (Å²) in [7, 11) is 7.38. The molecule has 0 aromatic rings. The van der Waals surface area contributed by atoms with Gasteiger partial charge in [0, 0.05) is 156 Å². The van der Waals surface area contributed by atoms with Gasteiger partial charge >= 0.3 is 0 Å². The summed E-state index contributed by atoms with van der Waals surface area (Å²) in [4.78, 5) is 13.5. The topological polar surface area (TPSA) is 16.2 Å². The van der Waals surface area contributed by atoms with E-state index >= 15 is 0 Å². The van der Waals surface area contributed by atoms with Crippen LogP contribution in [0.5, 0.6) is 0 Å². The summed E-state index contributed by atoms with van der Waals surface area (Å²) in [6, 6.07) is 14.7. The molecule has 1 saturated carbocycles. The zero-order chi connectivity index (χ0) is 87.6. The lowest BCUT2D eigenvalue weighted by Crippen LogP contribution is -2.66. The fourth-order valence-electron chi connectivity index (χ4n) is 28.9. The molecule has 0 radical (unpaired) electrons. The fraction of sp³-hybridized carbons (Fsp3) is 1.00. The van der Waals surface area contributed by atoms with E-state index < -0.39 is 0 Å². The maximum atomic E-state index is 2.75. The predicted molar refractivity (Wildman–Crippen MR) is 512 cm³/mol. The second kappa shape index (κ2) is 41.1. The van der Waals surface area contributed by atoms with Crippen molar-refractivity contribution in [2.75, 3.05) is 191 Å². The van der Waals surface area contributed by atoms with Crippen LogP contribution in [0.25, 0.3) is 0 Å². The number of hydrogen-bond acceptors (Lipinski definition) is 5. The van der Waals surface area contributed by atoms with Crippen LogP contribution in [0.2, 0.25) is 0 Å². The Morgan fingerprint density at radius 3 is 1.19 bits per heavy atom. The molecule has 0 aromatic carbocycles. The summed E-state index contributed by atoms with van der Waals surface area (Å²) < 4.78 is 11.0. The number of likely N-dealkylation sites (tertiary alicyclic amines) is 5. The Balaban J connectivity index is 0.000000154. The van der Waals surface area contributed by atoms with Crippen LogP contribution in [0.4, 0.5) is 0 Å². The maximum Gasteiger partial charge on any atom is 0.104 e. The van der Waals surface area contributed by atoms with Gasteiger partial charge < -0.3 is 40.8 Å². The first-order valence-corrected chi connectivity index (χ1v) is 52.5. The molecule has 1 aliphatic carbocycles. The average molecular weight is 1660 g/mol. The summed E-state index contributed by atoms with van der Waals surface area (Å²) >= 11 is 0. The number of nitrogens with zero attached hydrogens (tertiary/aromatic N) is 13. The van der Waals surface area contributed by atoms with Gasteiger partial charge in [-0.1, -0.05) is 41.5 Å². The Bertz CT molecular complexity index is 2890. The van der Waals surface area contributed by atoms with E-state index in [9.17, 15) is 0 Å². The smallest absolute Gasteiger partial charge is 0.104 e. The molecule has 10 atom stereocenters. The second-order valence-electron chi connectivity index (χ2n) is 50.5. The minimum atomic E-state index is 0.706. The van der Waals surface area contributed by atoms with Crippen LogP contribution >= 0.6 is 0 Å². The quantitative estimate of drug-likeness (QED) is 0.143. The summed E-state index contributed by atoms with van der Waals surface area (Å²) in [5, 5.41) is 0. The van der Waals surface area contributed by atoms with E-state index in [1.807, 2.05) is 0 Å². The van der Waals surface area contributed by atoms with E-state index in [2.05, 4.69) is 267 Å². The van der Waals surface area contributed by atoms with Crippen molar-refractivity contribution < 1.29 is 35.9 Å². The van der Waals surface area contributed by atoms with Crippen LogP contribution in [0.15, 0.2) is 0 Å². The summed E-state index contributed by atoms with van der Waals surface area (Å²) in [6.45, 7) is 113. The zero-order valence-electron chi connectivity index (χ0n) is 86.5. The molecule has 118 heavy (non-hydrogen) atoms. The first kappa shape index (κ1) is 101. The molecule has 692 valence electrons. The van der Waals surface area contributed by atoms with E-state index in [1.165, 1.54) is 309 Å². The molecule has 18 aliphatic rings. The zero-order valence-corrected chi connectivity index (χ0v) is 86.5. The lowest BCUT2D eigenvalue weighted by atomic mass is 9.70. The SMILES string of the molecule is CC(C)C12CC[N+](C(C)C)(CC1)C2.CC(C)C1CC2C[N+](C)(C(C)C)CC2C1.CC(C)C1C[N+]2(C(C)C)CCC1CC2.CC(C)N1CC2CC1C[N+]2(C)C(C)C.CC(C)N1CCC2(CC1)CC[N+](C)(C(C)C)CC2.CC(C)N1CC[N+]2(C(C)C)CCC1C2.CC(C)N1CC[N+]2(C(C)C)CCC1CC2.CC(C)N1CC[N+]2(C(C)C)CCCC2C1. The molecule has 1 spiro atoms. The van der Waals surface area contributed by atoms with Crippen LogP contribution < -0.4 is 0 Å². The molecule has 0 N–H and O–H groups in total. The average Bonchev–Trinajstić information content (AvgIpc) is 1.61. The van der Waals surface area contributed by atoms with E-state index in [4.69, 9.17) is 0 Å². The highest BCUT2D eigenvalue weighted by Gasteiger charge is 2.59. The van der Waals surface area contributed by atoms with Gasteiger partial charge in [-0.25, -0.2) is 0 Å². The van der Waals surface area contributed by atoms with Gasteiger partial charge in [0.25, 0.3) is 0 Å². The van der Waals surface area contributed by atoms with Crippen LogP contribution in [0.3, 0.4) is 0 Å². The molecule has 10 unspecified atom stereocenters. The van der Waals surface area contributed by atoms with Crippen molar-refractivity contribution in [2.45, 2.75) is 433 Å². The van der Waals surface area contributed by atoms with Crippen molar-refractivity contribution in [3.63, 3.8) is 0 Å². The standard InChI is InChI=1S/C16H33N2.C14H28N.2C13H27N2.C13H26N.2C12H25N2.C12H24N/c1-14(2)17-10-6-16(7-11-17)8-12-18(5,13-9-16)15(3)4;1-10(2)12-6-13-8-15(5,11(3)4)9-14(13)7-12;1-11(2)14-7-10-15(12(3)4)8-5-13(14)6-9-15;1-11(2)14-7-9-15(12(3)4)8-5-6-13(15)10-14;1-10(2)13-9-14(11(3)4)7-5-12(13)6-8-14;1-9(2)13-7-12-6-11(13)8-14(12,5)10(3)4;1-10(2)13-6-8-14(11(3)4)7-5-12(13)9-14;1-10(2)12-5-7-13(9-12,8-6-12)11(3)4/h14-15H,6-13H2,1-5H3;10-14H,6-9H2,1-5H3;2*11-13H,5-10H2,1-4H3;10-13H,5-9H2,1-4H3;9-12H,6-8H2,1-5H3;10-12H,5-9H2,1-4H3;10-11H,5-9H2,1-4H3/q8*+1. The number of quaternary nitrogens is 8. The first-order chi connectivity index (χ1) is 55.0. The monoisotopic (exact) mass is 1660 g/mol. The van der Waals surface area contributed by atoms with Gasteiger partial charge in [0.15, 0.2) is 0 Å². The highest BCUT2D eigenvalue weighted by molar-refractivity contribution is 4.97. The predicted octanol–water partition coefficient (Wildman–Crippen LogP) is 19.5. The molecular weight excluding hydrogens is 1440 g/mol. The molecule has 0 amide bonds. The summed E-state index contributed by atoms with van der Waals surface area (Å²) in [5.41, 5.74) is 1.43. The van der Waals surface area contributed by atoms with Crippen molar-refractivity contribution >= 4 is 0 Å². The molecule has 17 heterocycles. The molecule has 10 bridgehead atoms. The third-order valence-electron chi connectivity index (χ3n) is 40.5. The van der Waals surface area contributed by atoms with E-state index in [-0.39, 0.29) is 0 Å². The van der Waals surface area contributed by atoms with Crippen LogP contribution in [-0.2, 0) is 0 Å². The maximum absolute atomic E-state index is 2.75. The van der Waals surface area contributed by atoms with Gasteiger partial charge in [-0.15, -0.1) is 0 Å². The number of piperidine rings is 7. The molecule has 18 rings (SSSR count). The van der Waals surface area contributed by atoms with E-state index in [0.29, 0.717) is 5.41 Å². The third kappa shape index (κ3) is 22.5. The largest absolute Gasteiger partial charge is 0.324 e.